The van der Waals surface area contributed by atoms with Gasteiger partial charge in [0.2, 0.25) is 0 Å². The standard InChI is InChI=1S/C20H18BrNO3S2/c1-24-11-10-22-19(23)18(27-20(22)26)12-15-4-2-3-5-17(15)25-13-14-6-8-16(21)9-7-14/h2-9,12H,10-11,13H2,1H3. The van der Waals surface area contributed by atoms with Gasteiger partial charge in [0.1, 0.15) is 16.7 Å². The molecule has 3 rings (SSSR count). The Labute approximate surface area is 176 Å². The van der Waals surface area contributed by atoms with Gasteiger partial charge in [0.05, 0.1) is 18.1 Å². The van der Waals surface area contributed by atoms with Gasteiger partial charge in [-0.2, -0.15) is 0 Å². The van der Waals surface area contributed by atoms with Crippen LogP contribution in [-0.4, -0.2) is 35.4 Å². The van der Waals surface area contributed by atoms with Gasteiger partial charge >= 0.3 is 0 Å². The van der Waals surface area contributed by atoms with Crippen molar-refractivity contribution in [1.82, 2.24) is 4.90 Å². The molecule has 27 heavy (non-hydrogen) atoms. The second-order valence-corrected chi connectivity index (χ2v) is 8.37. The Hall–Kier alpha value is -1.67. The number of carbonyl (C=O) groups is 1. The number of carbonyl (C=O) groups excluding carboxylic acids is 1. The van der Waals surface area contributed by atoms with E-state index in [0.717, 1.165) is 21.3 Å². The van der Waals surface area contributed by atoms with Gasteiger partial charge in [0.25, 0.3) is 5.91 Å². The lowest BCUT2D eigenvalue weighted by Crippen LogP contribution is -2.31. The van der Waals surface area contributed by atoms with Crippen molar-refractivity contribution in [1.29, 1.82) is 0 Å². The summed E-state index contributed by atoms with van der Waals surface area (Å²) in [6.07, 6.45) is 1.84. The SMILES string of the molecule is COCCN1C(=O)C(=Cc2ccccc2OCc2ccc(Br)cc2)SC1=S. The predicted molar refractivity (Wildman–Crippen MR) is 117 cm³/mol. The van der Waals surface area contributed by atoms with Crippen LogP contribution in [0.15, 0.2) is 57.9 Å². The fourth-order valence-electron chi connectivity index (χ4n) is 2.49. The average Bonchev–Trinajstić information content (AvgIpc) is 2.93. The molecule has 0 spiro atoms. The van der Waals surface area contributed by atoms with Crippen molar-refractivity contribution in [2.45, 2.75) is 6.61 Å². The number of amides is 1. The molecule has 1 amide bonds. The van der Waals surface area contributed by atoms with E-state index >= 15 is 0 Å². The molecule has 1 fully saturated rings. The lowest BCUT2D eigenvalue weighted by atomic mass is 10.1. The minimum Gasteiger partial charge on any atom is -0.488 e. The Morgan fingerprint density at radius 1 is 1.19 bits per heavy atom. The molecule has 2 aromatic rings. The highest BCUT2D eigenvalue weighted by Gasteiger charge is 2.31. The monoisotopic (exact) mass is 463 g/mol. The third-order valence-electron chi connectivity index (χ3n) is 3.91. The highest BCUT2D eigenvalue weighted by molar-refractivity contribution is 9.10. The van der Waals surface area contributed by atoms with Crippen LogP contribution >= 0.6 is 39.9 Å². The highest BCUT2D eigenvalue weighted by atomic mass is 79.9. The van der Waals surface area contributed by atoms with Crippen LogP contribution in [0, 0.1) is 0 Å². The predicted octanol–water partition coefficient (Wildman–Crippen LogP) is 4.88. The molecule has 0 N–H and O–H groups in total. The molecule has 0 bridgehead atoms. The van der Waals surface area contributed by atoms with Crippen LogP contribution in [0.1, 0.15) is 11.1 Å². The molecule has 7 heteroatoms. The molecule has 2 aromatic carbocycles. The summed E-state index contributed by atoms with van der Waals surface area (Å²) in [7, 11) is 1.60. The minimum absolute atomic E-state index is 0.0928. The molecule has 0 aliphatic carbocycles. The van der Waals surface area contributed by atoms with Crippen molar-refractivity contribution < 1.29 is 14.3 Å². The third-order valence-corrected chi connectivity index (χ3v) is 5.81. The van der Waals surface area contributed by atoms with Crippen LogP contribution < -0.4 is 4.74 Å². The van der Waals surface area contributed by atoms with Crippen LogP contribution in [0.3, 0.4) is 0 Å². The molecule has 0 unspecified atom stereocenters. The third kappa shape index (κ3) is 5.19. The number of thiocarbonyl (C=S) groups is 1. The lowest BCUT2D eigenvalue weighted by Gasteiger charge is -2.13. The van der Waals surface area contributed by atoms with E-state index in [1.807, 2.05) is 54.6 Å². The van der Waals surface area contributed by atoms with Crippen molar-refractivity contribution in [2.24, 2.45) is 0 Å². The largest absolute Gasteiger partial charge is 0.488 e. The average molecular weight is 464 g/mol. The number of para-hydroxylation sites is 1. The van der Waals surface area contributed by atoms with Gasteiger partial charge in [-0.3, -0.25) is 9.69 Å². The summed E-state index contributed by atoms with van der Waals surface area (Å²) < 4.78 is 12.6. The molecule has 1 aliphatic heterocycles. The van der Waals surface area contributed by atoms with Crippen LogP contribution in [0.2, 0.25) is 0 Å². The maximum Gasteiger partial charge on any atom is 0.266 e. The Balaban J connectivity index is 1.75. The summed E-state index contributed by atoms with van der Waals surface area (Å²) in [5.41, 5.74) is 1.92. The number of rotatable bonds is 7. The second kappa shape index (κ2) is 9.50. The molecule has 0 aromatic heterocycles. The quantitative estimate of drug-likeness (QED) is 0.432. The zero-order valence-electron chi connectivity index (χ0n) is 14.7. The van der Waals surface area contributed by atoms with Gasteiger partial charge in [-0.1, -0.05) is 70.2 Å². The van der Waals surface area contributed by atoms with E-state index in [-0.39, 0.29) is 5.91 Å². The van der Waals surface area contributed by atoms with Gasteiger partial charge in [-0.15, -0.1) is 0 Å². The van der Waals surface area contributed by atoms with Crippen molar-refractivity contribution in [3.63, 3.8) is 0 Å². The van der Waals surface area contributed by atoms with Gasteiger partial charge in [-0.25, -0.2) is 0 Å². The summed E-state index contributed by atoms with van der Waals surface area (Å²) in [4.78, 5) is 14.8. The van der Waals surface area contributed by atoms with Crippen LogP contribution in [0.4, 0.5) is 0 Å². The van der Waals surface area contributed by atoms with Crippen molar-refractivity contribution in [3.05, 3.63) is 69.0 Å². The van der Waals surface area contributed by atoms with E-state index in [1.54, 1.807) is 12.0 Å². The molecular formula is C20H18BrNO3S2. The van der Waals surface area contributed by atoms with E-state index in [1.165, 1.54) is 11.8 Å². The van der Waals surface area contributed by atoms with Crippen molar-refractivity contribution in [3.8, 4) is 5.75 Å². The number of thioether (sulfide) groups is 1. The Bertz CT molecular complexity index is 868. The van der Waals surface area contributed by atoms with Crippen LogP contribution in [0.25, 0.3) is 6.08 Å². The lowest BCUT2D eigenvalue weighted by molar-refractivity contribution is -0.122. The zero-order valence-corrected chi connectivity index (χ0v) is 17.9. The normalized spacial score (nSPS) is 15.6. The van der Waals surface area contributed by atoms with Crippen LogP contribution in [0.5, 0.6) is 5.75 Å². The number of hydrogen-bond donors (Lipinski definition) is 0. The molecule has 1 heterocycles. The van der Waals surface area contributed by atoms with E-state index in [0.29, 0.717) is 29.0 Å². The summed E-state index contributed by atoms with van der Waals surface area (Å²) in [5, 5.41) is 0. The zero-order chi connectivity index (χ0) is 19.2. The second-order valence-electron chi connectivity index (χ2n) is 5.78. The summed E-state index contributed by atoms with van der Waals surface area (Å²) in [6.45, 7) is 1.36. The van der Waals surface area contributed by atoms with E-state index in [2.05, 4.69) is 15.9 Å². The van der Waals surface area contributed by atoms with Gasteiger partial charge in [0.15, 0.2) is 0 Å². The molecule has 0 saturated carbocycles. The van der Waals surface area contributed by atoms with Crippen molar-refractivity contribution >= 4 is 56.2 Å². The maximum absolute atomic E-state index is 12.6. The minimum atomic E-state index is -0.0928. The van der Waals surface area contributed by atoms with Gasteiger partial charge < -0.3 is 9.47 Å². The van der Waals surface area contributed by atoms with E-state index < -0.39 is 0 Å². The van der Waals surface area contributed by atoms with Crippen molar-refractivity contribution in [2.75, 3.05) is 20.3 Å². The number of methoxy groups -OCH3 is 1. The first-order valence-electron chi connectivity index (χ1n) is 8.29. The number of nitrogens with zero attached hydrogens (tertiary/aromatic N) is 1. The molecule has 1 aliphatic rings. The number of ether oxygens (including phenoxy) is 2. The molecule has 1 saturated heterocycles. The highest BCUT2D eigenvalue weighted by Crippen LogP contribution is 2.34. The fraction of sp³-hybridized carbons (Fsp3) is 0.200. The van der Waals surface area contributed by atoms with Gasteiger partial charge in [-0.05, 0) is 29.8 Å². The smallest absolute Gasteiger partial charge is 0.266 e. The van der Waals surface area contributed by atoms with E-state index in [4.69, 9.17) is 21.7 Å². The Kier molecular flexibility index (Phi) is 7.07. The fourth-order valence-corrected chi connectivity index (χ4v) is 4.05. The molecule has 140 valence electrons. The maximum atomic E-state index is 12.6. The first kappa shape index (κ1) is 20.1. The summed E-state index contributed by atoms with van der Waals surface area (Å²) >= 11 is 10.1. The summed E-state index contributed by atoms with van der Waals surface area (Å²) in [6, 6.07) is 15.6. The number of halogens is 1. The van der Waals surface area contributed by atoms with Crippen LogP contribution in [-0.2, 0) is 16.1 Å². The molecule has 0 radical (unpaired) electrons. The van der Waals surface area contributed by atoms with E-state index in [9.17, 15) is 4.79 Å². The molecule has 4 nitrogen and oxygen atoms in total. The van der Waals surface area contributed by atoms with Gasteiger partial charge in [0, 0.05) is 17.1 Å². The molecule has 0 atom stereocenters. The first-order valence-corrected chi connectivity index (χ1v) is 10.3. The number of benzene rings is 2. The molecular weight excluding hydrogens is 446 g/mol. The Morgan fingerprint density at radius 2 is 1.93 bits per heavy atom. The Morgan fingerprint density at radius 3 is 2.67 bits per heavy atom. The number of hydrogen-bond acceptors (Lipinski definition) is 5. The topological polar surface area (TPSA) is 38.8 Å². The summed E-state index contributed by atoms with van der Waals surface area (Å²) in [5.74, 6) is 0.632. The first-order chi connectivity index (χ1) is 13.1.